The Hall–Kier alpha value is -1.71. The van der Waals surface area contributed by atoms with E-state index in [1.165, 1.54) is 12.1 Å². The lowest BCUT2D eigenvalue weighted by Gasteiger charge is -2.04. The summed E-state index contributed by atoms with van der Waals surface area (Å²) < 4.78 is 13.3. The van der Waals surface area contributed by atoms with Crippen molar-refractivity contribution in [3.05, 3.63) is 29.6 Å². The molecule has 0 amide bonds. The Morgan fingerprint density at radius 1 is 1.53 bits per heavy atom. The minimum absolute atomic E-state index is 0.134. The fourth-order valence-electron chi connectivity index (χ4n) is 1.23. The van der Waals surface area contributed by atoms with E-state index in [2.05, 4.69) is 23.8 Å². The summed E-state index contributed by atoms with van der Waals surface area (Å²) in [6, 6.07) is 4.59. The summed E-state index contributed by atoms with van der Waals surface area (Å²) >= 11 is 0. The summed E-state index contributed by atoms with van der Waals surface area (Å²) in [6.07, 6.45) is 2.84. The summed E-state index contributed by atoms with van der Waals surface area (Å²) in [5.41, 5.74) is 6.19. The highest BCUT2D eigenvalue weighted by Gasteiger charge is 2.05. The van der Waals surface area contributed by atoms with E-state index in [0.29, 0.717) is 17.3 Å². The van der Waals surface area contributed by atoms with E-state index >= 15 is 0 Å². The summed E-state index contributed by atoms with van der Waals surface area (Å²) in [5, 5.41) is 0. The lowest BCUT2D eigenvalue weighted by atomic mass is 10.1. The van der Waals surface area contributed by atoms with Crippen molar-refractivity contribution in [3.8, 4) is 0 Å². The molecule has 1 atom stereocenters. The van der Waals surface area contributed by atoms with Crippen LogP contribution < -0.4 is 5.73 Å². The van der Waals surface area contributed by atoms with Gasteiger partial charge in [0.05, 0.1) is 5.69 Å². The van der Waals surface area contributed by atoms with Crippen LogP contribution in [0.3, 0.4) is 0 Å². The van der Waals surface area contributed by atoms with Crippen molar-refractivity contribution in [2.45, 2.75) is 20.3 Å². The van der Waals surface area contributed by atoms with Gasteiger partial charge in [0.2, 0.25) is 0 Å². The molecular weight excluding hydrogens is 217 g/mol. The molecule has 0 saturated heterocycles. The van der Waals surface area contributed by atoms with Gasteiger partial charge in [-0.15, -0.1) is 0 Å². The second kappa shape index (κ2) is 6.13. The normalized spacial score (nSPS) is 14.2. The van der Waals surface area contributed by atoms with E-state index in [-0.39, 0.29) is 5.69 Å². The van der Waals surface area contributed by atoms with Crippen LogP contribution in [0.1, 0.15) is 25.8 Å². The van der Waals surface area contributed by atoms with Gasteiger partial charge in [-0.2, -0.15) is 0 Å². The third-order valence-electron chi connectivity index (χ3n) is 2.57. The number of aliphatic imine (C=N–C) groups is 2. The minimum atomic E-state index is -0.442. The molecule has 0 aliphatic rings. The summed E-state index contributed by atoms with van der Waals surface area (Å²) in [4.78, 5) is 8.32. The van der Waals surface area contributed by atoms with Crippen LogP contribution in [0.15, 0.2) is 28.2 Å². The van der Waals surface area contributed by atoms with Gasteiger partial charge in [0.15, 0.2) is 5.84 Å². The molecule has 1 aromatic rings. The van der Waals surface area contributed by atoms with E-state index in [1.54, 1.807) is 13.1 Å². The lowest BCUT2D eigenvalue weighted by molar-refractivity contribution is 0.632. The first-order valence-corrected chi connectivity index (χ1v) is 5.64. The molecule has 1 unspecified atom stereocenters. The molecule has 0 fully saturated rings. The van der Waals surface area contributed by atoms with Crippen LogP contribution in [0.4, 0.5) is 10.1 Å². The second-order valence-electron chi connectivity index (χ2n) is 3.95. The molecule has 2 N–H and O–H groups in total. The Morgan fingerprint density at radius 2 is 2.24 bits per heavy atom. The number of amidine groups is 1. The number of anilines is 1. The largest absolute Gasteiger partial charge is 0.396 e. The highest BCUT2D eigenvalue weighted by Crippen LogP contribution is 2.13. The highest BCUT2D eigenvalue weighted by atomic mass is 19.1. The van der Waals surface area contributed by atoms with Gasteiger partial charge in [0.1, 0.15) is 5.82 Å². The Balaban J connectivity index is 2.95. The third kappa shape index (κ3) is 3.66. The average molecular weight is 235 g/mol. The van der Waals surface area contributed by atoms with Gasteiger partial charge in [0.25, 0.3) is 0 Å². The zero-order chi connectivity index (χ0) is 12.8. The van der Waals surface area contributed by atoms with Crippen molar-refractivity contribution in [2.24, 2.45) is 15.9 Å². The Morgan fingerprint density at radius 3 is 2.76 bits per heavy atom. The number of halogens is 1. The van der Waals surface area contributed by atoms with Gasteiger partial charge >= 0.3 is 0 Å². The van der Waals surface area contributed by atoms with Crippen LogP contribution in [0.25, 0.3) is 0 Å². The SMILES string of the molecule is CCC(C)C=NC(=NC)c1ccc(N)c(F)c1. The fraction of sp³-hybridized carbons (Fsp3) is 0.385. The zero-order valence-corrected chi connectivity index (χ0v) is 10.4. The first-order chi connectivity index (χ1) is 8.08. The topological polar surface area (TPSA) is 50.7 Å². The van der Waals surface area contributed by atoms with Crippen molar-refractivity contribution in [1.82, 2.24) is 0 Å². The predicted octanol–water partition coefficient (Wildman–Crippen LogP) is 2.90. The number of nitrogens with zero attached hydrogens (tertiary/aromatic N) is 2. The molecule has 1 rings (SSSR count). The molecule has 3 nitrogen and oxygen atoms in total. The van der Waals surface area contributed by atoms with E-state index in [4.69, 9.17) is 5.73 Å². The van der Waals surface area contributed by atoms with Gasteiger partial charge < -0.3 is 5.73 Å². The van der Waals surface area contributed by atoms with Gasteiger partial charge in [-0.1, -0.05) is 13.8 Å². The maximum Gasteiger partial charge on any atom is 0.154 e. The number of hydrogen-bond donors (Lipinski definition) is 1. The minimum Gasteiger partial charge on any atom is -0.396 e. The third-order valence-corrected chi connectivity index (χ3v) is 2.57. The molecule has 0 saturated carbocycles. The summed E-state index contributed by atoms with van der Waals surface area (Å²) in [7, 11) is 1.64. The molecule has 0 bridgehead atoms. The smallest absolute Gasteiger partial charge is 0.154 e. The van der Waals surface area contributed by atoms with Gasteiger partial charge in [-0.05, 0) is 30.5 Å². The average Bonchev–Trinajstić information content (AvgIpc) is 2.33. The van der Waals surface area contributed by atoms with E-state index in [0.717, 1.165) is 6.42 Å². The molecule has 92 valence electrons. The van der Waals surface area contributed by atoms with Crippen LogP contribution in [0.2, 0.25) is 0 Å². The number of hydrogen-bond acceptors (Lipinski definition) is 2. The van der Waals surface area contributed by atoms with E-state index in [1.807, 2.05) is 6.21 Å². The molecule has 0 spiro atoms. The lowest BCUT2D eigenvalue weighted by Crippen LogP contribution is -2.03. The van der Waals surface area contributed by atoms with Gasteiger partial charge in [0, 0.05) is 18.8 Å². The number of nitrogen functional groups attached to an aromatic ring is 1. The zero-order valence-electron chi connectivity index (χ0n) is 10.4. The molecule has 0 aliphatic heterocycles. The van der Waals surface area contributed by atoms with E-state index < -0.39 is 5.82 Å². The first-order valence-electron chi connectivity index (χ1n) is 5.64. The fourth-order valence-corrected chi connectivity index (χ4v) is 1.23. The van der Waals surface area contributed by atoms with Crippen LogP contribution in [-0.2, 0) is 0 Å². The number of benzene rings is 1. The summed E-state index contributed by atoms with van der Waals surface area (Å²) in [6.45, 7) is 4.16. The van der Waals surface area contributed by atoms with Gasteiger partial charge in [-0.3, -0.25) is 4.99 Å². The molecule has 1 aromatic carbocycles. The van der Waals surface area contributed by atoms with Crippen LogP contribution in [0.5, 0.6) is 0 Å². The van der Waals surface area contributed by atoms with Crippen molar-refractivity contribution in [2.75, 3.05) is 12.8 Å². The van der Waals surface area contributed by atoms with Crippen LogP contribution >= 0.6 is 0 Å². The maximum absolute atomic E-state index is 13.3. The maximum atomic E-state index is 13.3. The van der Waals surface area contributed by atoms with Crippen LogP contribution in [-0.4, -0.2) is 19.1 Å². The second-order valence-corrected chi connectivity index (χ2v) is 3.95. The molecule has 0 heterocycles. The Kier molecular flexibility index (Phi) is 4.82. The molecule has 0 aromatic heterocycles. The molecule has 0 aliphatic carbocycles. The molecular formula is C13H18FN3. The Bertz CT molecular complexity index is 438. The molecule has 4 heteroatoms. The molecule has 17 heavy (non-hydrogen) atoms. The first kappa shape index (κ1) is 13.4. The quantitative estimate of drug-likeness (QED) is 0.489. The van der Waals surface area contributed by atoms with Crippen molar-refractivity contribution < 1.29 is 4.39 Å². The van der Waals surface area contributed by atoms with Crippen molar-refractivity contribution in [1.29, 1.82) is 0 Å². The van der Waals surface area contributed by atoms with Crippen LogP contribution in [0, 0.1) is 11.7 Å². The van der Waals surface area contributed by atoms with E-state index in [9.17, 15) is 4.39 Å². The monoisotopic (exact) mass is 235 g/mol. The molecule has 0 radical (unpaired) electrons. The number of rotatable bonds is 3. The summed E-state index contributed by atoms with van der Waals surface area (Å²) in [5.74, 6) is 0.456. The predicted molar refractivity (Wildman–Crippen MR) is 71.2 cm³/mol. The highest BCUT2D eigenvalue weighted by molar-refractivity contribution is 6.03. The van der Waals surface area contributed by atoms with Crippen molar-refractivity contribution >= 4 is 17.7 Å². The Labute approximate surface area is 101 Å². The standard InChI is InChI=1S/C13H18FN3/c1-4-9(2)8-17-13(16-3)10-5-6-12(15)11(14)7-10/h5-9H,4,15H2,1-3H3. The van der Waals surface area contributed by atoms with Gasteiger partial charge in [-0.25, -0.2) is 9.38 Å². The number of nitrogens with two attached hydrogens (primary N) is 1. The van der Waals surface area contributed by atoms with Crippen molar-refractivity contribution in [3.63, 3.8) is 0 Å².